The number of benzene rings is 1. The fraction of sp³-hybridized carbons (Fsp3) is 0.467. The molecule has 1 aliphatic rings. The van der Waals surface area contributed by atoms with E-state index >= 15 is 0 Å². The number of amides is 2. The van der Waals surface area contributed by atoms with E-state index in [1.165, 1.54) is 19.1 Å². The lowest BCUT2D eigenvalue weighted by Gasteiger charge is -2.33. The number of nitrogens with zero attached hydrogens (tertiary/aromatic N) is 1. The summed E-state index contributed by atoms with van der Waals surface area (Å²) in [4.78, 5) is 24.0. The van der Waals surface area contributed by atoms with Crippen molar-refractivity contribution in [2.45, 2.75) is 19.1 Å². The molecule has 2 amide bonds. The Morgan fingerprint density at radius 3 is 2.57 bits per heavy atom. The van der Waals surface area contributed by atoms with Gasteiger partial charge in [0.15, 0.2) is 0 Å². The molecule has 1 aromatic rings. The Kier molecular flexibility index (Phi) is 5.28. The Bertz CT molecular complexity index is 604. The molecule has 0 aliphatic carbocycles. The summed E-state index contributed by atoms with van der Waals surface area (Å²) in [6.07, 6.45) is -1.07. The second-order valence-corrected chi connectivity index (χ2v) is 5.13. The molecule has 0 aromatic heterocycles. The van der Waals surface area contributed by atoms with Crippen LogP contribution in [0.25, 0.3) is 0 Å². The van der Waals surface area contributed by atoms with Crippen LogP contribution >= 0.6 is 0 Å². The van der Waals surface area contributed by atoms with Crippen molar-refractivity contribution in [1.29, 1.82) is 0 Å². The zero-order valence-electron chi connectivity index (χ0n) is 13.0. The number of carbonyl (C=O) groups is 2. The SMILES string of the molecule is COc1ccc(OC)c2c1CN(C(=O)NCCC(=O)O)CC2O. The molecule has 0 saturated carbocycles. The van der Waals surface area contributed by atoms with Gasteiger partial charge in [-0.25, -0.2) is 4.79 Å². The number of rotatable bonds is 5. The van der Waals surface area contributed by atoms with Crippen molar-refractivity contribution in [2.75, 3.05) is 27.3 Å². The monoisotopic (exact) mass is 324 g/mol. The first-order valence-electron chi connectivity index (χ1n) is 7.14. The van der Waals surface area contributed by atoms with E-state index in [9.17, 15) is 14.7 Å². The van der Waals surface area contributed by atoms with Crippen LogP contribution in [0.1, 0.15) is 23.7 Å². The van der Waals surface area contributed by atoms with Gasteiger partial charge in [0, 0.05) is 17.7 Å². The molecule has 1 heterocycles. The second kappa shape index (κ2) is 7.19. The third kappa shape index (κ3) is 3.65. The zero-order valence-corrected chi connectivity index (χ0v) is 13.0. The first-order chi connectivity index (χ1) is 11.0. The van der Waals surface area contributed by atoms with Crippen LogP contribution in [-0.2, 0) is 11.3 Å². The summed E-state index contributed by atoms with van der Waals surface area (Å²) < 4.78 is 10.6. The number of aliphatic carboxylic acids is 1. The molecule has 1 aromatic carbocycles. The molecule has 8 nitrogen and oxygen atoms in total. The first-order valence-corrected chi connectivity index (χ1v) is 7.14. The quantitative estimate of drug-likeness (QED) is 0.737. The average molecular weight is 324 g/mol. The van der Waals surface area contributed by atoms with Crippen LogP contribution in [0.4, 0.5) is 4.79 Å². The maximum Gasteiger partial charge on any atom is 0.317 e. The van der Waals surface area contributed by atoms with Crippen LogP contribution in [0, 0.1) is 0 Å². The third-order valence-corrected chi connectivity index (χ3v) is 3.69. The van der Waals surface area contributed by atoms with Crippen molar-refractivity contribution in [3.63, 3.8) is 0 Å². The Morgan fingerprint density at radius 1 is 1.30 bits per heavy atom. The van der Waals surface area contributed by atoms with Gasteiger partial charge in [0.05, 0.1) is 33.7 Å². The number of nitrogens with one attached hydrogen (secondary N) is 1. The topological polar surface area (TPSA) is 108 Å². The van der Waals surface area contributed by atoms with Crippen LogP contribution in [0.15, 0.2) is 12.1 Å². The van der Waals surface area contributed by atoms with Gasteiger partial charge in [-0.3, -0.25) is 4.79 Å². The zero-order chi connectivity index (χ0) is 17.0. The largest absolute Gasteiger partial charge is 0.496 e. The van der Waals surface area contributed by atoms with Gasteiger partial charge in [-0.15, -0.1) is 0 Å². The molecule has 0 fully saturated rings. The summed E-state index contributed by atoms with van der Waals surface area (Å²) in [7, 11) is 3.03. The fourth-order valence-electron chi connectivity index (χ4n) is 2.62. The van der Waals surface area contributed by atoms with E-state index in [0.717, 1.165) is 0 Å². The summed E-state index contributed by atoms with van der Waals surface area (Å²) in [6.45, 7) is 0.365. The van der Waals surface area contributed by atoms with Crippen molar-refractivity contribution >= 4 is 12.0 Å². The molecule has 1 atom stereocenters. The standard InChI is InChI=1S/C15H20N2O6/c1-22-11-3-4-12(23-2)14-9(11)7-17(8-10(14)18)15(21)16-6-5-13(19)20/h3-4,10,18H,5-8H2,1-2H3,(H,16,21)(H,19,20). The first kappa shape index (κ1) is 16.9. The van der Waals surface area contributed by atoms with Crippen molar-refractivity contribution < 1.29 is 29.3 Å². The number of β-amino-alcohol motifs (C(OH)–C–C–N with tert-alkyl or cyclic N) is 1. The fourth-order valence-corrected chi connectivity index (χ4v) is 2.62. The summed E-state index contributed by atoms with van der Waals surface area (Å²) in [5.41, 5.74) is 1.29. The maximum atomic E-state index is 12.1. The molecule has 1 unspecified atom stereocenters. The van der Waals surface area contributed by atoms with E-state index < -0.39 is 18.1 Å². The lowest BCUT2D eigenvalue weighted by atomic mass is 9.95. The number of hydrogen-bond acceptors (Lipinski definition) is 5. The maximum absolute atomic E-state index is 12.1. The predicted molar refractivity (Wildman–Crippen MR) is 80.6 cm³/mol. The van der Waals surface area contributed by atoms with E-state index in [4.69, 9.17) is 14.6 Å². The van der Waals surface area contributed by atoms with Gasteiger partial charge >= 0.3 is 12.0 Å². The highest BCUT2D eigenvalue weighted by Crippen LogP contribution is 2.39. The van der Waals surface area contributed by atoms with Gasteiger partial charge in [-0.2, -0.15) is 0 Å². The normalized spacial score (nSPS) is 16.5. The molecular formula is C15H20N2O6. The number of carboxylic acids is 1. The van der Waals surface area contributed by atoms with Crippen molar-refractivity contribution in [1.82, 2.24) is 10.2 Å². The molecular weight excluding hydrogens is 304 g/mol. The van der Waals surface area contributed by atoms with E-state index in [-0.39, 0.29) is 26.1 Å². The van der Waals surface area contributed by atoms with Crippen LogP contribution in [-0.4, -0.2) is 54.4 Å². The minimum atomic E-state index is -0.985. The van der Waals surface area contributed by atoms with Gasteiger partial charge in [-0.05, 0) is 12.1 Å². The number of aliphatic hydroxyl groups is 1. The van der Waals surface area contributed by atoms with E-state index in [1.807, 2.05) is 0 Å². The number of urea groups is 1. The number of carbonyl (C=O) groups excluding carboxylic acids is 1. The van der Waals surface area contributed by atoms with Crippen LogP contribution in [0.2, 0.25) is 0 Å². The third-order valence-electron chi connectivity index (χ3n) is 3.69. The summed E-state index contributed by atoms with van der Waals surface area (Å²) in [5.74, 6) is 0.114. The van der Waals surface area contributed by atoms with E-state index in [2.05, 4.69) is 5.32 Å². The minimum Gasteiger partial charge on any atom is -0.496 e. The highest BCUT2D eigenvalue weighted by Gasteiger charge is 2.31. The molecule has 0 bridgehead atoms. The lowest BCUT2D eigenvalue weighted by Crippen LogP contribution is -2.44. The number of aliphatic hydroxyl groups excluding tert-OH is 1. The number of fused-ring (bicyclic) bond motifs is 1. The molecule has 0 spiro atoms. The predicted octanol–water partition coefficient (Wildman–Crippen LogP) is 0.737. The van der Waals surface area contributed by atoms with Crippen molar-refractivity contribution in [2.24, 2.45) is 0 Å². The van der Waals surface area contributed by atoms with Gasteiger partial charge in [0.2, 0.25) is 0 Å². The van der Waals surface area contributed by atoms with Gasteiger partial charge in [0.1, 0.15) is 17.6 Å². The average Bonchev–Trinajstić information content (AvgIpc) is 2.53. The number of ether oxygens (including phenoxy) is 2. The Hall–Kier alpha value is -2.48. The van der Waals surface area contributed by atoms with Crippen LogP contribution < -0.4 is 14.8 Å². The minimum absolute atomic E-state index is 0.0306. The lowest BCUT2D eigenvalue weighted by molar-refractivity contribution is -0.136. The van der Waals surface area contributed by atoms with Crippen LogP contribution in [0.3, 0.4) is 0 Å². The summed E-state index contributed by atoms with van der Waals surface area (Å²) in [6, 6.07) is 3.00. The molecule has 3 N–H and O–H groups in total. The van der Waals surface area contributed by atoms with Gasteiger partial charge < -0.3 is 29.9 Å². The molecule has 0 saturated heterocycles. The highest BCUT2D eigenvalue weighted by atomic mass is 16.5. The Balaban J connectivity index is 2.19. The molecule has 23 heavy (non-hydrogen) atoms. The summed E-state index contributed by atoms with van der Waals surface area (Å²) in [5, 5.41) is 21.5. The molecule has 126 valence electrons. The highest BCUT2D eigenvalue weighted by molar-refractivity contribution is 5.76. The Morgan fingerprint density at radius 2 is 1.96 bits per heavy atom. The van der Waals surface area contributed by atoms with Gasteiger partial charge in [-0.1, -0.05) is 0 Å². The Labute approximate surface area is 133 Å². The van der Waals surface area contributed by atoms with E-state index in [1.54, 1.807) is 12.1 Å². The molecule has 8 heteroatoms. The molecule has 2 rings (SSSR count). The number of hydrogen-bond donors (Lipinski definition) is 3. The van der Waals surface area contributed by atoms with Crippen molar-refractivity contribution in [3.8, 4) is 11.5 Å². The smallest absolute Gasteiger partial charge is 0.317 e. The number of carboxylic acid groups (broad SMARTS) is 1. The van der Waals surface area contributed by atoms with Crippen molar-refractivity contribution in [3.05, 3.63) is 23.3 Å². The van der Waals surface area contributed by atoms with Gasteiger partial charge in [0.25, 0.3) is 0 Å². The van der Waals surface area contributed by atoms with E-state index in [0.29, 0.717) is 22.6 Å². The molecule has 1 aliphatic heterocycles. The second-order valence-electron chi connectivity index (χ2n) is 5.13. The van der Waals surface area contributed by atoms with Crippen LogP contribution in [0.5, 0.6) is 11.5 Å². The number of methoxy groups -OCH3 is 2. The summed E-state index contributed by atoms with van der Waals surface area (Å²) >= 11 is 0. The molecule has 0 radical (unpaired) electrons.